The zero-order valence-electron chi connectivity index (χ0n) is 39.8. The van der Waals surface area contributed by atoms with Crippen molar-refractivity contribution in [2.24, 2.45) is 0 Å². The Balaban J connectivity index is 2.69. The van der Waals surface area contributed by atoms with Crippen molar-refractivity contribution in [3.63, 3.8) is 0 Å². The van der Waals surface area contributed by atoms with Crippen LogP contribution in [-0.4, -0.2) is 125 Å². The van der Waals surface area contributed by atoms with Gasteiger partial charge in [0.1, 0.15) is 43.2 Å². The van der Waals surface area contributed by atoms with Crippen molar-refractivity contribution in [2.75, 3.05) is 13.2 Å². The van der Waals surface area contributed by atoms with Crippen LogP contribution in [0, 0.1) is 0 Å². The maximum atomic E-state index is 13.0. The highest BCUT2D eigenvalue weighted by Gasteiger charge is 2.54. The fourth-order valence-corrected chi connectivity index (χ4v) is 8.73. The van der Waals surface area contributed by atoms with Crippen LogP contribution in [0.3, 0.4) is 0 Å². The van der Waals surface area contributed by atoms with Crippen LogP contribution in [-0.2, 0) is 41.8 Å². The van der Waals surface area contributed by atoms with Crippen molar-refractivity contribution in [3.05, 3.63) is 48.6 Å². The standard InChI is InChI=1S/C47H84O18P2/c1-3-5-7-9-11-13-15-17-18-19-21-23-25-27-29-33-40(50)61-35-37(36-62-67(59,60)65-47-44(54)42(52)43(53)46(45(47)55)64-66(56,57)58)63-41(51)34-30-32-39(49)38(48)31-28-26-24-22-20-16-14-12-10-8-6-4-2/h5,7,12,14,20,22,26,28,37-39,42-49,52-55H,3-4,6,8-11,13,15-19,21,23-25,27,29-36H2,1-2H3,(H,59,60)(H2,56,57,58)/b7-5-,14-12-,22-20-,28-26-/t37-,38?,39?,42?,43?,44?,45?,46-,47+/m1/s1. The second-order valence-corrected chi connectivity index (χ2v) is 19.7. The van der Waals surface area contributed by atoms with Gasteiger partial charge in [-0.3, -0.25) is 23.2 Å². The molecule has 0 amide bonds. The summed E-state index contributed by atoms with van der Waals surface area (Å²) >= 11 is 0. The van der Waals surface area contributed by atoms with Crippen LogP contribution in [0.4, 0.5) is 0 Å². The van der Waals surface area contributed by atoms with Gasteiger partial charge in [0.2, 0.25) is 0 Å². The number of phosphoric acid groups is 2. The van der Waals surface area contributed by atoms with E-state index in [2.05, 4.69) is 48.8 Å². The monoisotopic (exact) mass is 999 g/mol. The Bertz CT molecular complexity index is 1520. The first kappa shape index (κ1) is 62.9. The van der Waals surface area contributed by atoms with Gasteiger partial charge in [-0.25, -0.2) is 9.13 Å². The van der Waals surface area contributed by atoms with Crippen LogP contribution in [0.5, 0.6) is 0 Å². The smallest absolute Gasteiger partial charge is 0.462 e. The number of esters is 2. The van der Waals surface area contributed by atoms with Crippen LogP contribution >= 0.6 is 15.6 Å². The Labute approximate surface area is 398 Å². The van der Waals surface area contributed by atoms with Gasteiger partial charge in [-0.1, -0.05) is 133 Å². The molecule has 7 unspecified atom stereocenters. The van der Waals surface area contributed by atoms with Crippen molar-refractivity contribution in [2.45, 2.75) is 223 Å². The lowest BCUT2D eigenvalue weighted by atomic mass is 9.85. The average Bonchev–Trinajstić information content (AvgIpc) is 3.28. The van der Waals surface area contributed by atoms with E-state index in [1.165, 1.54) is 57.8 Å². The summed E-state index contributed by atoms with van der Waals surface area (Å²) in [4.78, 5) is 54.4. The highest BCUT2D eigenvalue weighted by molar-refractivity contribution is 7.47. The van der Waals surface area contributed by atoms with Gasteiger partial charge >= 0.3 is 27.6 Å². The third-order valence-electron chi connectivity index (χ3n) is 11.1. The number of hydrogen-bond donors (Lipinski definition) is 9. The molecule has 67 heavy (non-hydrogen) atoms. The van der Waals surface area contributed by atoms with E-state index >= 15 is 0 Å². The van der Waals surface area contributed by atoms with Crippen molar-refractivity contribution in [3.8, 4) is 0 Å². The predicted molar refractivity (Wildman–Crippen MR) is 253 cm³/mol. The molecule has 0 aromatic heterocycles. The number of rotatable bonds is 40. The van der Waals surface area contributed by atoms with Crippen LogP contribution in [0.15, 0.2) is 48.6 Å². The van der Waals surface area contributed by atoms with Gasteiger partial charge in [0.05, 0.1) is 18.8 Å². The van der Waals surface area contributed by atoms with Gasteiger partial charge in [-0.15, -0.1) is 0 Å². The van der Waals surface area contributed by atoms with Crippen molar-refractivity contribution >= 4 is 27.6 Å². The molecule has 0 aliphatic heterocycles. The predicted octanol–water partition coefficient (Wildman–Crippen LogP) is 7.23. The summed E-state index contributed by atoms with van der Waals surface area (Å²) in [6, 6.07) is 0. The molecule has 10 atom stereocenters. The van der Waals surface area contributed by atoms with Crippen LogP contribution in [0.1, 0.15) is 168 Å². The number of aliphatic hydroxyl groups excluding tert-OH is 6. The first-order valence-electron chi connectivity index (χ1n) is 24.3. The van der Waals surface area contributed by atoms with E-state index in [1.807, 2.05) is 12.2 Å². The summed E-state index contributed by atoms with van der Waals surface area (Å²) in [7, 11) is -10.8. The van der Waals surface area contributed by atoms with Gasteiger partial charge in [-0.05, 0) is 70.6 Å². The third kappa shape index (κ3) is 31.7. The van der Waals surface area contributed by atoms with E-state index < -0.39 is 95.7 Å². The largest absolute Gasteiger partial charge is 0.472 e. The van der Waals surface area contributed by atoms with Crippen LogP contribution < -0.4 is 0 Å². The van der Waals surface area contributed by atoms with Crippen molar-refractivity contribution < 1.29 is 87.1 Å². The molecule has 1 aliphatic carbocycles. The Hall–Kier alpha value is -2.12. The van der Waals surface area contributed by atoms with E-state index in [4.69, 9.17) is 18.5 Å². The van der Waals surface area contributed by atoms with Gasteiger partial charge in [0.15, 0.2) is 6.10 Å². The molecule has 1 fully saturated rings. The van der Waals surface area contributed by atoms with Gasteiger partial charge in [0.25, 0.3) is 0 Å². The molecule has 1 rings (SSSR count). The summed E-state index contributed by atoms with van der Waals surface area (Å²) in [6.45, 7) is 2.75. The maximum absolute atomic E-state index is 13.0. The van der Waals surface area contributed by atoms with E-state index in [0.717, 1.165) is 51.4 Å². The molecule has 0 heterocycles. The second-order valence-electron chi connectivity index (χ2n) is 17.1. The number of hydrogen-bond acceptors (Lipinski definition) is 15. The summed E-state index contributed by atoms with van der Waals surface area (Å²) in [5, 5.41) is 62.1. The Kier molecular flexibility index (Phi) is 35.4. The molecule has 0 aromatic rings. The zero-order chi connectivity index (χ0) is 49.9. The van der Waals surface area contributed by atoms with Crippen LogP contribution in [0.2, 0.25) is 0 Å². The fourth-order valence-electron chi connectivity index (χ4n) is 7.19. The lowest BCUT2D eigenvalue weighted by Gasteiger charge is -2.43. The van der Waals surface area contributed by atoms with E-state index in [0.29, 0.717) is 12.8 Å². The molecule has 390 valence electrons. The lowest BCUT2D eigenvalue weighted by molar-refractivity contribution is -0.216. The molecule has 0 radical (unpaired) electrons. The lowest BCUT2D eigenvalue weighted by Crippen LogP contribution is -2.64. The first-order valence-corrected chi connectivity index (χ1v) is 27.4. The maximum Gasteiger partial charge on any atom is 0.472 e. The number of phosphoric ester groups is 2. The SMILES string of the molecule is CC/C=C\CCCCCCCCCCCCCC(=O)OC[C@H](COP(=O)(O)O[C@H]1C(O)C(O)C(O)[C@@H](OP(=O)(O)O)C1O)OC(=O)CCCC(O)C(O)C/C=C\C/C=C\C/C=C\CCCCC. The summed E-state index contributed by atoms with van der Waals surface area (Å²) in [5.41, 5.74) is 0. The first-order chi connectivity index (χ1) is 31.9. The van der Waals surface area contributed by atoms with Gasteiger partial charge in [0, 0.05) is 12.8 Å². The third-order valence-corrected chi connectivity index (χ3v) is 12.6. The molecule has 18 nitrogen and oxygen atoms in total. The molecule has 0 spiro atoms. The average molecular weight is 999 g/mol. The molecule has 20 heteroatoms. The molecule has 1 aliphatic rings. The number of unbranched alkanes of at least 4 members (excludes halogenated alkanes) is 14. The minimum absolute atomic E-state index is 0.0289. The minimum atomic E-state index is -5.40. The number of carbonyl (C=O) groups is 2. The van der Waals surface area contributed by atoms with Gasteiger partial charge in [-0.2, -0.15) is 0 Å². The Morgan fingerprint density at radius 3 is 1.64 bits per heavy atom. The van der Waals surface area contributed by atoms with E-state index in [9.17, 15) is 64.0 Å². The molecule has 0 saturated heterocycles. The van der Waals surface area contributed by atoms with Gasteiger partial charge < -0.3 is 54.8 Å². The highest BCUT2D eigenvalue weighted by atomic mass is 31.2. The zero-order valence-corrected chi connectivity index (χ0v) is 41.6. The summed E-state index contributed by atoms with van der Waals surface area (Å²) in [5.74, 6) is -1.49. The number of allylic oxidation sites excluding steroid dienone is 7. The summed E-state index contributed by atoms with van der Waals surface area (Å²) < 4.78 is 49.2. The highest BCUT2D eigenvalue weighted by Crippen LogP contribution is 2.49. The van der Waals surface area contributed by atoms with E-state index in [1.54, 1.807) is 6.08 Å². The molecule has 0 aromatic carbocycles. The number of carbonyl (C=O) groups excluding carboxylic acids is 2. The van der Waals surface area contributed by atoms with Crippen molar-refractivity contribution in [1.29, 1.82) is 0 Å². The van der Waals surface area contributed by atoms with Crippen molar-refractivity contribution in [1.82, 2.24) is 0 Å². The summed E-state index contributed by atoms with van der Waals surface area (Å²) in [6.07, 6.45) is 19.3. The molecule has 1 saturated carbocycles. The Morgan fingerprint density at radius 1 is 0.552 bits per heavy atom. The Morgan fingerprint density at radius 2 is 1.06 bits per heavy atom. The topological polar surface area (TPSA) is 296 Å². The minimum Gasteiger partial charge on any atom is -0.462 e. The number of aliphatic hydroxyl groups is 6. The normalized spacial score (nSPS) is 22.7. The van der Waals surface area contributed by atoms with Crippen LogP contribution in [0.25, 0.3) is 0 Å². The van der Waals surface area contributed by atoms with E-state index in [-0.39, 0.29) is 32.1 Å². The quantitative estimate of drug-likeness (QED) is 0.0127. The molecular formula is C47H84O18P2. The molecular weight excluding hydrogens is 914 g/mol. The molecule has 0 bridgehead atoms. The second kappa shape index (κ2) is 37.7. The fraction of sp³-hybridized carbons (Fsp3) is 0.787. The number of ether oxygens (including phenoxy) is 2. The molecule has 9 N–H and O–H groups in total.